The SMILES string of the molecule is [C]1[C]=CC=CN1. The fourth-order valence-corrected chi connectivity index (χ4v) is 0.269. The average Bonchev–Trinajstić information content (AvgIpc) is 1.72. The number of hydrogen-bond acceptors (Lipinski definition) is 1. The predicted molar refractivity (Wildman–Crippen MR) is 23.3 cm³/mol. The second kappa shape index (κ2) is 1.65. The Labute approximate surface area is 37.4 Å². The number of dihydropyridines is 1. The Bertz CT molecular complexity index is 69.9. The molecule has 1 heterocycles. The molecule has 1 N–H and O–H groups in total. The van der Waals surface area contributed by atoms with Crippen molar-refractivity contribution in [2.24, 2.45) is 0 Å². The number of allylic oxidation sites excluding steroid dienone is 2. The molecule has 1 aliphatic heterocycles. The van der Waals surface area contributed by atoms with E-state index in [4.69, 9.17) is 0 Å². The van der Waals surface area contributed by atoms with Crippen LogP contribution in [0, 0.1) is 12.6 Å². The highest BCUT2D eigenvalue weighted by Gasteiger charge is 1.77. The molecule has 6 heavy (non-hydrogen) atoms. The molecule has 0 aromatic rings. The van der Waals surface area contributed by atoms with Crippen LogP contribution in [-0.2, 0) is 0 Å². The minimum Gasteiger partial charge on any atom is -0.377 e. The lowest BCUT2D eigenvalue weighted by atomic mass is 10.4. The number of hydrogen-bond donors (Lipinski definition) is 1. The molecule has 1 aliphatic rings. The van der Waals surface area contributed by atoms with Gasteiger partial charge in [0, 0.05) is 0 Å². The van der Waals surface area contributed by atoms with E-state index in [1.165, 1.54) is 0 Å². The monoisotopic (exact) mass is 78.0 g/mol. The predicted octanol–water partition coefficient (Wildman–Crippen LogP) is 0.501. The molecular weight excluding hydrogens is 74.1 g/mol. The van der Waals surface area contributed by atoms with Crippen molar-refractivity contribution in [3.05, 3.63) is 31.0 Å². The zero-order chi connectivity index (χ0) is 4.24. The Morgan fingerprint density at radius 1 is 1.50 bits per heavy atom. The second-order valence-electron chi connectivity index (χ2n) is 0.939. The van der Waals surface area contributed by atoms with Crippen LogP contribution >= 0.6 is 0 Å². The fourth-order valence-electron chi connectivity index (χ4n) is 0.269. The molecule has 1 rings (SSSR count). The van der Waals surface area contributed by atoms with Crippen molar-refractivity contribution in [3.8, 4) is 0 Å². The van der Waals surface area contributed by atoms with Crippen molar-refractivity contribution < 1.29 is 0 Å². The molecule has 0 fully saturated rings. The maximum absolute atomic E-state index is 2.71. The van der Waals surface area contributed by atoms with E-state index in [1.807, 2.05) is 6.08 Å². The molecule has 0 unspecified atom stereocenters. The van der Waals surface area contributed by atoms with Crippen molar-refractivity contribution in [2.75, 3.05) is 0 Å². The van der Waals surface area contributed by atoms with Gasteiger partial charge in [-0.1, -0.05) is 6.08 Å². The maximum Gasteiger partial charge on any atom is 0.123 e. The first-order valence-electron chi connectivity index (χ1n) is 1.74. The first-order chi connectivity index (χ1) is 3.00. The van der Waals surface area contributed by atoms with Gasteiger partial charge in [-0.25, -0.2) is 0 Å². The van der Waals surface area contributed by atoms with Gasteiger partial charge >= 0.3 is 0 Å². The van der Waals surface area contributed by atoms with E-state index in [-0.39, 0.29) is 0 Å². The Morgan fingerprint density at radius 3 is 2.67 bits per heavy atom. The summed E-state index contributed by atoms with van der Waals surface area (Å²) in [4.78, 5) is 0. The second-order valence-corrected chi connectivity index (χ2v) is 0.939. The van der Waals surface area contributed by atoms with Gasteiger partial charge in [-0.15, -0.1) is 0 Å². The van der Waals surface area contributed by atoms with Crippen molar-refractivity contribution in [1.82, 2.24) is 5.32 Å². The zero-order valence-corrected chi connectivity index (χ0v) is 3.23. The van der Waals surface area contributed by atoms with Gasteiger partial charge in [0.25, 0.3) is 0 Å². The van der Waals surface area contributed by atoms with Crippen molar-refractivity contribution in [1.29, 1.82) is 0 Å². The van der Waals surface area contributed by atoms with Gasteiger partial charge in [-0.3, -0.25) is 0 Å². The molecule has 0 atom stereocenters. The molecule has 0 aromatic carbocycles. The van der Waals surface area contributed by atoms with Crippen molar-refractivity contribution in [3.63, 3.8) is 0 Å². The standard InChI is InChI=1S/C5H4N/c1-2-4-6-5-3-1/h1-2,4,6H. The summed E-state index contributed by atoms with van der Waals surface area (Å²) in [6.07, 6.45) is 8.15. The minimum atomic E-state index is 1.79. The third-order valence-corrected chi connectivity index (χ3v) is 0.503. The summed E-state index contributed by atoms with van der Waals surface area (Å²) in [5.41, 5.74) is 0. The van der Waals surface area contributed by atoms with Gasteiger partial charge in [0.2, 0.25) is 0 Å². The van der Waals surface area contributed by atoms with E-state index < -0.39 is 0 Å². The van der Waals surface area contributed by atoms with Crippen LogP contribution in [-0.4, -0.2) is 0 Å². The Hall–Kier alpha value is -0.720. The third-order valence-electron chi connectivity index (χ3n) is 0.503. The van der Waals surface area contributed by atoms with E-state index in [1.54, 1.807) is 12.3 Å². The summed E-state index contributed by atoms with van der Waals surface area (Å²) in [5, 5.41) is 2.71. The van der Waals surface area contributed by atoms with Crippen molar-refractivity contribution >= 4 is 0 Å². The average molecular weight is 78.1 g/mol. The highest BCUT2D eigenvalue weighted by Crippen LogP contribution is 1.82. The summed E-state index contributed by atoms with van der Waals surface area (Å²) < 4.78 is 0. The highest BCUT2D eigenvalue weighted by molar-refractivity contribution is 5.07. The lowest BCUT2D eigenvalue weighted by molar-refractivity contribution is 1.08. The van der Waals surface area contributed by atoms with Gasteiger partial charge < -0.3 is 5.32 Å². The van der Waals surface area contributed by atoms with Gasteiger partial charge in [-0.05, 0) is 18.4 Å². The third kappa shape index (κ3) is 0.612. The maximum atomic E-state index is 2.71. The first-order valence-corrected chi connectivity index (χ1v) is 1.74. The molecular formula is C5H4N. The Morgan fingerprint density at radius 2 is 2.50 bits per heavy atom. The van der Waals surface area contributed by atoms with Crippen LogP contribution in [0.2, 0.25) is 0 Å². The summed E-state index contributed by atoms with van der Waals surface area (Å²) in [5.74, 6) is 0. The van der Waals surface area contributed by atoms with E-state index in [2.05, 4.69) is 17.9 Å². The van der Waals surface area contributed by atoms with E-state index >= 15 is 0 Å². The summed E-state index contributed by atoms with van der Waals surface area (Å²) >= 11 is 0. The van der Waals surface area contributed by atoms with Crippen LogP contribution in [0.3, 0.4) is 0 Å². The molecule has 3 radical (unpaired) electrons. The molecule has 0 amide bonds. The quantitative estimate of drug-likeness (QED) is 0.445. The van der Waals surface area contributed by atoms with Crippen LogP contribution in [0.15, 0.2) is 18.4 Å². The molecule has 0 spiro atoms. The normalized spacial score (nSPS) is 17.3. The van der Waals surface area contributed by atoms with Crippen LogP contribution in [0.4, 0.5) is 0 Å². The lowest BCUT2D eigenvalue weighted by Crippen LogP contribution is -1.98. The topological polar surface area (TPSA) is 12.0 Å². The molecule has 0 aromatic heterocycles. The highest BCUT2D eigenvalue weighted by atomic mass is 14.8. The molecule has 0 bridgehead atoms. The summed E-state index contributed by atoms with van der Waals surface area (Å²) in [6.45, 7) is 2.64. The molecule has 0 aliphatic carbocycles. The minimum absolute atomic E-state index is 1.79. The fraction of sp³-hybridized carbons (Fsp3) is 0. The van der Waals surface area contributed by atoms with E-state index in [9.17, 15) is 0 Å². The molecule has 29 valence electrons. The van der Waals surface area contributed by atoms with Gasteiger partial charge in [-0.2, -0.15) is 0 Å². The smallest absolute Gasteiger partial charge is 0.123 e. The first kappa shape index (κ1) is 3.47. The Kier molecular flexibility index (Phi) is 0.955. The summed E-state index contributed by atoms with van der Waals surface area (Å²) in [7, 11) is 0. The molecule has 0 saturated heterocycles. The number of rotatable bonds is 0. The van der Waals surface area contributed by atoms with Gasteiger partial charge in [0.15, 0.2) is 0 Å². The van der Waals surface area contributed by atoms with Crippen LogP contribution in [0.25, 0.3) is 0 Å². The van der Waals surface area contributed by atoms with E-state index in [0.29, 0.717) is 0 Å². The molecule has 1 heteroatoms. The van der Waals surface area contributed by atoms with Gasteiger partial charge in [0.05, 0.1) is 0 Å². The van der Waals surface area contributed by atoms with Crippen LogP contribution in [0.5, 0.6) is 0 Å². The van der Waals surface area contributed by atoms with Crippen LogP contribution in [0.1, 0.15) is 0 Å². The largest absolute Gasteiger partial charge is 0.377 e. The molecule has 0 saturated carbocycles. The summed E-state index contributed by atoms with van der Waals surface area (Å²) in [6, 6.07) is 0. The Balaban J connectivity index is 2.46. The van der Waals surface area contributed by atoms with Crippen molar-refractivity contribution in [2.45, 2.75) is 0 Å². The lowest BCUT2D eigenvalue weighted by Gasteiger charge is -1.91. The van der Waals surface area contributed by atoms with Gasteiger partial charge in [0.1, 0.15) is 6.54 Å². The molecule has 1 nitrogen and oxygen atoms in total. The van der Waals surface area contributed by atoms with E-state index in [0.717, 1.165) is 0 Å². The van der Waals surface area contributed by atoms with Crippen LogP contribution < -0.4 is 5.32 Å². The zero-order valence-electron chi connectivity index (χ0n) is 3.23. The number of nitrogens with one attached hydrogen (secondary N) is 1.